The molecule has 5 heteroatoms. The molecule has 0 amide bonds. The van der Waals surface area contributed by atoms with E-state index in [4.69, 9.17) is 10.5 Å². The first-order valence-electron chi connectivity index (χ1n) is 5.82. The van der Waals surface area contributed by atoms with Crippen LogP contribution in [-0.4, -0.2) is 35.2 Å². The zero-order valence-corrected chi connectivity index (χ0v) is 10.9. The molecule has 0 aliphatic rings. The molecule has 1 heterocycles. The van der Waals surface area contributed by atoms with Gasteiger partial charge in [0.25, 0.3) is 0 Å². The van der Waals surface area contributed by atoms with Gasteiger partial charge < -0.3 is 15.6 Å². The number of nitrogens with two attached hydrogens (primary N) is 1. The summed E-state index contributed by atoms with van der Waals surface area (Å²) < 4.78 is 5.34. The highest BCUT2D eigenvalue weighted by Gasteiger charge is 2.05. The van der Waals surface area contributed by atoms with E-state index < -0.39 is 6.10 Å². The van der Waals surface area contributed by atoms with Gasteiger partial charge in [-0.1, -0.05) is 13.3 Å². The second-order valence-electron chi connectivity index (χ2n) is 3.82. The maximum atomic E-state index is 9.67. The summed E-state index contributed by atoms with van der Waals surface area (Å²) in [6.07, 6.45) is 3.32. The molecule has 0 aliphatic heterocycles. The van der Waals surface area contributed by atoms with E-state index >= 15 is 0 Å². The lowest BCUT2D eigenvalue weighted by Gasteiger charge is -2.10. The Kier molecular flexibility index (Phi) is 7.00. The molecule has 3 N–H and O–H groups in total. The Bertz CT molecular complexity index is 306. The zero-order valence-electron chi connectivity index (χ0n) is 10.1. The minimum absolute atomic E-state index is 0.391. The van der Waals surface area contributed by atoms with Crippen LogP contribution >= 0.6 is 11.8 Å². The highest BCUT2D eigenvalue weighted by molar-refractivity contribution is 7.99. The highest BCUT2D eigenvalue weighted by atomic mass is 32.2. The summed E-state index contributed by atoms with van der Waals surface area (Å²) in [4.78, 5) is 4.15. The number of aliphatic hydroxyl groups is 1. The smallest absolute Gasteiger partial charge is 0.0962 e. The first kappa shape index (κ1) is 14.3. The van der Waals surface area contributed by atoms with Crippen LogP contribution in [-0.2, 0) is 4.74 Å². The molecule has 1 unspecified atom stereocenters. The fourth-order valence-electron chi connectivity index (χ4n) is 1.17. The topological polar surface area (TPSA) is 68.4 Å². The van der Waals surface area contributed by atoms with Gasteiger partial charge in [-0.05, 0) is 18.6 Å². The number of aromatic nitrogens is 1. The fourth-order valence-corrected chi connectivity index (χ4v) is 1.92. The molecule has 0 aromatic carbocycles. The molecule has 1 aromatic heterocycles. The Morgan fingerprint density at radius 3 is 3.00 bits per heavy atom. The van der Waals surface area contributed by atoms with Crippen molar-refractivity contribution in [2.75, 3.05) is 24.7 Å². The standard InChI is InChI=1S/C12H20N2O2S/c1-2-3-6-16-8-11(15)9-17-12-5-4-10(13)7-14-12/h4-5,7,11,15H,2-3,6,8-9,13H2,1H3. The average molecular weight is 256 g/mol. The van der Waals surface area contributed by atoms with Gasteiger partial charge in [0, 0.05) is 12.4 Å². The summed E-state index contributed by atoms with van der Waals surface area (Å²) >= 11 is 1.50. The van der Waals surface area contributed by atoms with Crippen molar-refractivity contribution >= 4 is 17.4 Å². The van der Waals surface area contributed by atoms with E-state index in [9.17, 15) is 5.11 Å². The number of nitrogen functional groups attached to an aromatic ring is 1. The van der Waals surface area contributed by atoms with Gasteiger partial charge in [0.1, 0.15) is 0 Å². The monoisotopic (exact) mass is 256 g/mol. The number of pyridine rings is 1. The lowest BCUT2D eigenvalue weighted by atomic mass is 10.3. The Labute approximate surface area is 107 Å². The van der Waals surface area contributed by atoms with Gasteiger partial charge >= 0.3 is 0 Å². The van der Waals surface area contributed by atoms with Gasteiger partial charge in [0.2, 0.25) is 0 Å². The predicted molar refractivity (Wildman–Crippen MR) is 71.1 cm³/mol. The molecule has 0 bridgehead atoms. The summed E-state index contributed by atoms with van der Waals surface area (Å²) in [6, 6.07) is 3.66. The molecule has 0 fully saturated rings. The van der Waals surface area contributed by atoms with E-state index in [2.05, 4.69) is 11.9 Å². The molecule has 0 saturated carbocycles. The molecule has 17 heavy (non-hydrogen) atoms. The molecule has 0 spiro atoms. The quantitative estimate of drug-likeness (QED) is 0.549. The van der Waals surface area contributed by atoms with Crippen molar-refractivity contribution in [3.05, 3.63) is 18.3 Å². The molecule has 0 aliphatic carbocycles. The van der Waals surface area contributed by atoms with Crippen LogP contribution in [0, 0.1) is 0 Å². The van der Waals surface area contributed by atoms with Crippen LogP contribution in [0.3, 0.4) is 0 Å². The maximum absolute atomic E-state index is 9.67. The summed E-state index contributed by atoms with van der Waals surface area (Å²) in [5, 5.41) is 10.5. The van der Waals surface area contributed by atoms with Crippen molar-refractivity contribution in [2.45, 2.75) is 30.9 Å². The normalized spacial score (nSPS) is 12.6. The third kappa shape index (κ3) is 6.51. The Hall–Kier alpha value is -0.780. The number of ether oxygens (including phenoxy) is 1. The molecular weight excluding hydrogens is 236 g/mol. The lowest BCUT2D eigenvalue weighted by molar-refractivity contribution is 0.0473. The maximum Gasteiger partial charge on any atom is 0.0962 e. The number of hydrogen-bond acceptors (Lipinski definition) is 5. The Morgan fingerprint density at radius 1 is 1.53 bits per heavy atom. The summed E-state index contributed by atoms with van der Waals surface area (Å²) in [5.74, 6) is 0.586. The van der Waals surface area contributed by atoms with E-state index in [0.717, 1.165) is 24.5 Å². The van der Waals surface area contributed by atoms with Gasteiger partial charge in [-0.2, -0.15) is 0 Å². The number of thioether (sulfide) groups is 1. The fraction of sp³-hybridized carbons (Fsp3) is 0.583. The summed E-state index contributed by atoms with van der Waals surface area (Å²) in [7, 11) is 0. The summed E-state index contributed by atoms with van der Waals surface area (Å²) in [5.41, 5.74) is 6.19. The van der Waals surface area contributed by atoms with Crippen molar-refractivity contribution in [2.24, 2.45) is 0 Å². The van der Waals surface area contributed by atoms with E-state index in [1.807, 2.05) is 6.07 Å². The first-order valence-corrected chi connectivity index (χ1v) is 6.81. The van der Waals surface area contributed by atoms with E-state index in [-0.39, 0.29) is 0 Å². The van der Waals surface area contributed by atoms with Crippen LogP contribution < -0.4 is 5.73 Å². The second-order valence-corrected chi connectivity index (χ2v) is 4.86. The third-order valence-electron chi connectivity index (χ3n) is 2.14. The molecule has 1 rings (SSSR count). The van der Waals surface area contributed by atoms with Crippen LogP contribution in [0.2, 0.25) is 0 Å². The van der Waals surface area contributed by atoms with Crippen LogP contribution in [0.5, 0.6) is 0 Å². The zero-order chi connectivity index (χ0) is 12.5. The van der Waals surface area contributed by atoms with Crippen LogP contribution in [0.15, 0.2) is 23.4 Å². The molecule has 4 nitrogen and oxygen atoms in total. The first-order chi connectivity index (χ1) is 8.22. The third-order valence-corrected chi connectivity index (χ3v) is 3.22. The number of nitrogens with zero attached hydrogens (tertiary/aromatic N) is 1. The van der Waals surface area contributed by atoms with E-state index in [0.29, 0.717) is 18.0 Å². The number of anilines is 1. The van der Waals surface area contributed by atoms with Gasteiger partial charge in [0.15, 0.2) is 0 Å². The molecule has 0 radical (unpaired) electrons. The molecule has 1 aromatic rings. The highest BCUT2D eigenvalue weighted by Crippen LogP contribution is 2.16. The van der Waals surface area contributed by atoms with Crippen molar-refractivity contribution < 1.29 is 9.84 Å². The number of unbranched alkanes of at least 4 members (excludes halogenated alkanes) is 1. The van der Waals surface area contributed by atoms with Crippen LogP contribution in [0.4, 0.5) is 5.69 Å². The number of aliphatic hydroxyl groups excluding tert-OH is 1. The SMILES string of the molecule is CCCCOCC(O)CSc1ccc(N)cn1. The van der Waals surface area contributed by atoms with Crippen molar-refractivity contribution in [3.63, 3.8) is 0 Å². The van der Waals surface area contributed by atoms with Gasteiger partial charge in [-0.25, -0.2) is 4.98 Å². The minimum atomic E-state index is -0.448. The van der Waals surface area contributed by atoms with Crippen molar-refractivity contribution in [1.82, 2.24) is 4.98 Å². The summed E-state index contributed by atoms with van der Waals surface area (Å²) in [6.45, 7) is 3.22. The average Bonchev–Trinajstić information content (AvgIpc) is 2.34. The van der Waals surface area contributed by atoms with Gasteiger partial charge in [-0.15, -0.1) is 11.8 Å². The van der Waals surface area contributed by atoms with Crippen molar-refractivity contribution in [1.29, 1.82) is 0 Å². The van der Waals surface area contributed by atoms with Crippen LogP contribution in [0.25, 0.3) is 0 Å². The van der Waals surface area contributed by atoms with E-state index in [1.165, 1.54) is 11.8 Å². The molecular formula is C12H20N2O2S. The van der Waals surface area contributed by atoms with E-state index in [1.54, 1.807) is 12.3 Å². The Morgan fingerprint density at radius 2 is 2.35 bits per heavy atom. The van der Waals surface area contributed by atoms with Gasteiger partial charge in [0.05, 0.1) is 29.6 Å². The molecule has 96 valence electrons. The molecule has 1 atom stereocenters. The lowest BCUT2D eigenvalue weighted by Crippen LogP contribution is -2.18. The largest absolute Gasteiger partial charge is 0.397 e. The van der Waals surface area contributed by atoms with Crippen molar-refractivity contribution in [3.8, 4) is 0 Å². The van der Waals surface area contributed by atoms with Crippen LogP contribution in [0.1, 0.15) is 19.8 Å². The Balaban J connectivity index is 2.14. The molecule has 0 saturated heterocycles. The number of hydrogen-bond donors (Lipinski definition) is 2. The second kappa shape index (κ2) is 8.33. The predicted octanol–water partition coefficient (Wildman–Crippen LogP) is 1.93. The van der Waals surface area contributed by atoms with Gasteiger partial charge in [-0.3, -0.25) is 0 Å². The minimum Gasteiger partial charge on any atom is -0.397 e. The number of rotatable bonds is 8.